The maximum absolute atomic E-state index is 12.2. The minimum Gasteiger partial charge on any atom is -0.354 e. The van der Waals surface area contributed by atoms with Crippen molar-refractivity contribution in [3.05, 3.63) is 24.0 Å². The van der Waals surface area contributed by atoms with Crippen molar-refractivity contribution < 1.29 is 4.79 Å². The SMILES string of the molecule is C[C@@H](CCc1cccn1C)NC(=O)N1CCCCCC1. The van der Waals surface area contributed by atoms with E-state index in [0.717, 1.165) is 38.8 Å². The number of nitrogens with one attached hydrogen (secondary N) is 1. The van der Waals surface area contributed by atoms with Gasteiger partial charge in [0, 0.05) is 38.1 Å². The maximum atomic E-state index is 12.2. The Labute approximate surface area is 122 Å². The Bertz CT molecular complexity index is 419. The third-order valence-electron chi connectivity index (χ3n) is 4.15. The van der Waals surface area contributed by atoms with Crippen LogP contribution in [-0.2, 0) is 13.5 Å². The van der Waals surface area contributed by atoms with Crippen LogP contribution in [0.25, 0.3) is 0 Å². The molecule has 0 radical (unpaired) electrons. The van der Waals surface area contributed by atoms with Gasteiger partial charge in [0.2, 0.25) is 0 Å². The highest BCUT2D eigenvalue weighted by Crippen LogP contribution is 2.10. The van der Waals surface area contributed by atoms with E-state index in [1.54, 1.807) is 0 Å². The fraction of sp³-hybridized carbons (Fsp3) is 0.688. The summed E-state index contributed by atoms with van der Waals surface area (Å²) in [5.41, 5.74) is 1.32. The predicted molar refractivity (Wildman–Crippen MR) is 81.8 cm³/mol. The molecule has 112 valence electrons. The lowest BCUT2D eigenvalue weighted by molar-refractivity contribution is 0.196. The highest BCUT2D eigenvalue weighted by molar-refractivity contribution is 5.74. The van der Waals surface area contributed by atoms with Gasteiger partial charge in [0.15, 0.2) is 0 Å². The number of rotatable bonds is 4. The van der Waals surface area contributed by atoms with Crippen LogP contribution in [0.1, 0.15) is 44.7 Å². The quantitative estimate of drug-likeness (QED) is 0.902. The van der Waals surface area contributed by atoms with Crippen molar-refractivity contribution in [2.45, 2.75) is 51.5 Å². The molecule has 0 unspecified atom stereocenters. The first-order chi connectivity index (χ1) is 9.66. The number of nitrogens with zero attached hydrogens (tertiary/aromatic N) is 2. The molecule has 2 rings (SSSR count). The van der Waals surface area contributed by atoms with Crippen LogP contribution in [0, 0.1) is 0 Å². The summed E-state index contributed by atoms with van der Waals surface area (Å²) in [6, 6.07) is 4.55. The van der Waals surface area contributed by atoms with Gasteiger partial charge in [0.05, 0.1) is 0 Å². The summed E-state index contributed by atoms with van der Waals surface area (Å²) in [6.45, 7) is 3.92. The molecule has 0 saturated carbocycles. The van der Waals surface area contributed by atoms with Crippen LogP contribution in [0.15, 0.2) is 18.3 Å². The van der Waals surface area contributed by atoms with Crippen LogP contribution in [0.5, 0.6) is 0 Å². The zero-order valence-corrected chi connectivity index (χ0v) is 12.8. The van der Waals surface area contributed by atoms with Crippen molar-refractivity contribution in [1.82, 2.24) is 14.8 Å². The van der Waals surface area contributed by atoms with Crippen molar-refractivity contribution in [3.63, 3.8) is 0 Å². The molecule has 1 fully saturated rings. The lowest BCUT2D eigenvalue weighted by Gasteiger charge is -2.23. The molecule has 20 heavy (non-hydrogen) atoms. The second-order valence-electron chi connectivity index (χ2n) is 5.90. The third kappa shape index (κ3) is 4.29. The zero-order chi connectivity index (χ0) is 14.4. The third-order valence-corrected chi connectivity index (χ3v) is 4.15. The molecule has 2 heterocycles. The largest absolute Gasteiger partial charge is 0.354 e. The zero-order valence-electron chi connectivity index (χ0n) is 12.8. The highest BCUT2D eigenvalue weighted by atomic mass is 16.2. The monoisotopic (exact) mass is 277 g/mol. The fourth-order valence-electron chi connectivity index (χ4n) is 2.77. The van der Waals surface area contributed by atoms with Crippen molar-refractivity contribution in [3.8, 4) is 0 Å². The Kier molecular flexibility index (Phi) is 5.50. The number of hydrogen-bond acceptors (Lipinski definition) is 1. The number of carbonyl (C=O) groups is 1. The van der Waals surface area contributed by atoms with Crippen molar-refractivity contribution in [2.75, 3.05) is 13.1 Å². The second kappa shape index (κ2) is 7.36. The van der Waals surface area contributed by atoms with Crippen LogP contribution in [-0.4, -0.2) is 34.6 Å². The Morgan fingerprint density at radius 1 is 1.30 bits per heavy atom. The molecule has 1 saturated heterocycles. The number of hydrogen-bond donors (Lipinski definition) is 1. The van der Waals surface area contributed by atoms with Crippen LogP contribution < -0.4 is 5.32 Å². The molecule has 1 N–H and O–H groups in total. The average molecular weight is 277 g/mol. The van der Waals surface area contributed by atoms with E-state index in [-0.39, 0.29) is 12.1 Å². The minimum atomic E-state index is 0.117. The van der Waals surface area contributed by atoms with Gasteiger partial charge in [-0.2, -0.15) is 0 Å². The Hall–Kier alpha value is -1.45. The molecular weight excluding hydrogens is 250 g/mol. The van der Waals surface area contributed by atoms with Crippen molar-refractivity contribution in [2.24, 2.45) is 7.05 Å². The Balaban J connectivity index is 1.74. The number of carbonyl (C=O) groups excluding carboxylic acids is 1. The first-order valence-corrected chi connectivity index (χ1v) is 7.82. The first-order valence-electron chi connectivity index (χ1n) is 7.82. The molecule has 1 aliphatic heterocycles. The summed E-state index contributed by atoms with van der Waals surface area (Å²) < 4.78 is 2.14. The van der Waals surface area contributed by atoms with Crippen molar-refractivity contribution >= 4 is 6.03 Å². The van der Waals surface area contributed by atoms with Crippen LogP contribution in [0.3, 0.4) is 0 Å². The Morgan fingerprint density at radius 3 is 2.60 bits per heavy atom. The molecule has 0 aliphatic carbocycles. The number of aryl methyl sites for hydroxylation is 2. The van der Waals surface area contributed by atoms with Gasteiger partial charge in [0.25, 0.3) is 0 Å². The van der Waals surface area contributed by atoms with Gasteiger partial charge < -0.3 is 14.8 Å². The summed E-state index contributed by atoms with van der Waals surface area (Å²) in [5, 5.41) is 3.14. The predicted octanol–water partition coefficient (Wildman–Crippen LogP) is 2.93. The average Bonchev–Trinajstić information content (AvgIpc) is 2.68. The van der Waals surface area contributed by atoms with Crippen LogP contribution >= 0.6 is 0 Å². The van der Waals surface area contributed by atoms with Gasteiger partial charge >= 0.3 is 6.03 Å². The molecule has 0 spiro atoms. The first kappa shape index (κ1) is 14.9. The summed E-state index contributed by atoms with van der Waals surface area (Å²) in [6.07, 6.45) is 8.86. The van der Waals surface area contributed by atoms with Crippen LogP contribution in [0.4, 0.5) is 4.79 Å². The number of aromatic nitrogens is 1. The lowest BCUT2D eigenvalue weighted by Crippen LogP contribution is -2.44. The van der Waals surface area contributed by atoms with Gasteiger partial charge in [-0.25, -0.2) is 4.79 Å². The molecule has 4 heteroatoms. The molecule has 1 aromatic rings. The van der Waals surface area contributed by atoms with E-state index in [4.69, 9.17) is 0 Å². The smallest absolute Gasteiger partial charge is 0.317 e. The number of urea groups is 1. The van der Waals surface area contributed by atoms with E-state index >= 15 is 0 Å². The molecule has 4 nitrogen and oxygen atoms in total. The van der Waals surface area contributed by atoms with E-state index in [9.17, 15) is 4.79 Å². The normalized spacial score (nSPS) is 17.6. The summed E-state index contributed by atoms with van der Waals surface area (Å²) in [7, 11) is 2.07. The molecule has 1 atom stereocenters. The Morgan fingerprint density at radius 2 is 2.00 bits per heavy atom. The standard InChI is InChI=1S/C16H27N3O/c1-14(9-10-15-8-7-11-18(15)2)17-16(20)19-12-5-3-4-6-13-19/h7-8,11,14H,3-6,9-10,12-13H2,1-2H3,(H,17,20)/t14-/m0/s1. The fourth-order valence-corrected chi connectivity index (χ4v) is 2.77. The molecular formula is C16H27N3O. The summed E-state index contributed by atoms with van der Waals surface area (Å²) in [4.78, 5) is 14.2. The summed E-state index contributed by atoms with van der Waals surface area (Å²) in [5.74, 6) is 0. The molecule has 1 aromatic heterocycles. The number of likely N-dealkylation sites (tertiary alicyclic amines) is 1. The van der Waals surface area contributed by atoms with Crippen LogP contribution in [0.2, 0.25) is 0 Å². The van der Waals surface area contributed by atoms with Gasteiger partial charge in [-0.1, -0.05) is 12.8 Å². The summed E-state index contributed by atoms with van der Waals surface area (Å²) >= 11 is 0. The van der Waals surface area contributed by atoms with E-state index in [0.29, 0.717) is 0 Å². The van der Waals surface area contributed by atoms with Gasteiger partial charge in [-0.05, 0) is 44.7 Å². The van der Waals surface area contributed by atoms with Gasteiger partial charge in [-0.15, -0.1) is 0 Å². The molecule has 1 aliphatic rings. The molecule has 0 aromatic carbocycles. The second-order valence-corrected chi connectivity index (χ2v) is 5.90. The van der Waals surface area contributed by atoms with Crippen molar-refractivity contribution in [1.29, 1.82) is 0 Å². The lowest BCUT2D eigenvalue weighted by atomic mass is 10.1. The number of amides is 2. The van der Waals surface area contributed by atoms with E-state index < -0.39 is 0 Å². The van der Waals surface area contributed by atoms with E-state index in [1.807, 2.05) is 4.90 Å². The van der Waals surface area contributed by atoms with E-state index in [1.165, 1.54) is 18.5 Å². The topological polar surface area (TPSA) is 37.3 Å². The van der Waals surface area contributed by atoms with E-state index in [2.05, 4.69) is 42.2 Å². The minimum absolute atomic E-state index is 0.117. The maximum Gasteiger partial charge on any atom is 0.317 e. The van der Waals surface area contributed by atoms with Gasteiger partial charge in [-0.3, -0.25) is 0 Å². The van der Waals surface area contributed by atoms with Gasteiger partial charge in [0.1, 0.15) is 0 Å². The molecule has 0 bridgehead atoms. The highest BCUT2D eigenvalue weighted by Gasteiger charge is 2.17. The molecule has 2 amide bonds.